The van der Waals surface area contributed by atoms with Crippen molar-refractivity contribution in [3.05, 3.63) is 24.0 Å². The summed E-state index contributed by atoms with van der Waals surface area (Å²) >= 11 is 0. The van der Waals surface area contributed by atoms with Crippen molar-refractivity contribution in [3.8, 4) is 0 Å². The summed E-state index contributed by atoms with van der Waals surface area (Å²) in [5.74, 6) is 0.174. The minimum atomic E-state index is 0.174. The molecular formula is C14H23N3O. The number of aromatic nitrogens is 1. The van der Waals surface area contributed by atoms with Crippen LogP contribution in [-0.2, 0) is 6.54 Å². The molecule has 100 valence electrons. The lowest BCUT2D eigenvalue weighted by Gasteiger charge is -2.32. The van der Waals surface area contributed by atoms with E-state index >= 15 is 0 Å². The van der Waals surface area contributed by atoms with Crippen molar-refractivity contribution in [2.75, 3.05) is 20.1 Å². The van der Waals surface area contributed by atoms with Crippen molar-refractivity contribution in [1.82, 2.24) is 14.8 Å². The van der Waals surface area contributed by atoms with Gasteiger partial charge >= 0.3 is 0 Å². The molecule has 1 N–H and O–H groups in total. The highest BCUT2D eigenvalue weighted by atomic mass is 16.2. The van der Waals surface area contributed by atoms with Crippen LogP contribution < -0.4 is 5.32 Å². The van der Waals surface area contributed by atoms with Gasteiger partial charge in [0.1, 0.15) is 5.69 Å². The van der Waals surface area contributed by atoms with Gasteiger partial charge < -0.3 is 14.8 Å². The van der Waals surface area contributed by atoms with Crippen LogP contribution in [0.2, 0.25) is 0 Å². The van der Waals surface area contributed by atoms with Gasteiger partial charge in [-0.05, 0) is 38.4 Å². The van der Waals surface area contributed by atoms with Crippen LogP contribution in [-0.4, -0.2) is 41.6 Å². The zero-order chi connectivity index (χ0) is 13.0. The second kappa shape index (κ2) is 6.05. The molecule has 0 radical (unpaired) electrons. The minimum absolute atomic E-state index is 0.174. The Labute approximate surface area is 109 Å². The molecule has 0 saturated carbocycles. The number of likely N-dealkylation sites (N-methyl/N-ethyl adjacent to an activating group) is 1. The zero-order valence-corrected chi connectivity index (χ0v) is 11.4. The maximum atomic E-state index is 12.5. The molecule has 1 amide bonds. The standard InChI is InChI=1S/C14H23N3O/c1-3-8-16-9-5-7-13(16)14(18)17-10-4-6-12(11-17)15-2/h5,7,9,12,15H,3-4,6,8,10-11H2,1-2H3. The Morgan fingerprint density at radius 1 is 1.56 bits per heavy atom. The number of carbonyl (C=O) groups is 1. The van der Waals surface area contributed by atoms with Gasteiger partial charge in [0.2, 0.25) is 0 Å². The molecule has 1 aromatic heterocycles. The topological polar surface area (TPSA) is 37.3 Å². The fraction of sp³-hybridized carbons (Fsp3) is 0.643. The second-order valence-corrected chi connectivity index (χ2v) is 4.97. The molecule has 1 fully saturated rings. The average molecular weight is 249 g/mol. The SMILES string of the molecule is CCCn1cccc1C(=O)N1CCCC(NC)C1. The molecule has 1 saturated heterocycles. The third kappa shape index (κ3) is 2.75. The molecule has 2 heterocycles. The van der Waals surface area contributed by atoms with E-state index < -0.39 is 0 Å². The fourth-order valence-corrected chi connectivity index (χ4v) is 2.60. The highest BCUT2D eigenvalue weighted by molar-refractivity contribution is 5.92. The van der Waals surface area contributed by atoms with Gasteiger partial charge in [-0.15, -0.1) is 0 Å². The molecule has 0 aromatic carbocycles. The van der Waals surface area contributed by atoms with Gasteiger partial charge in [-0.25, -0.2) is 0 Å². The maximum Gasteiger partial charge on any atom is 0.270 e. The average Bonchev–Trinajstić information content (AvgIpc) is 2.86. The quantitative estimate of drug-likeness (QED) is 0.882. The van der Waals surface area contributed by atoms with Crippen molar-refractivity contribution in [2.45, 2.75) is 38.8 Å². The predicted octanol–water partition coefficient (Wildman–Crippen LogP) is 1.72. The van der Waals surface area contributed by atoms with Crippen LogP contribution in [0, 0.1) is 0 Å². The molecule has 0 aliphatic carbocycles. The Bertz CT molecular complexity index is 399. The van der Waals surface area contributed by atoms with E-state index in [9.17, 15) is 4.79 Å². The molecule has 2 rings (SSSR count). The Hall–Kier alpha value is -1.29. The van der Waals surface area contributed by atoms with E-state index in [1.54, 1.807) is 0 Å². The first-order valence-electron chi connectivity index (χ1n) is 6.88. The van der Waals surface area contributed by atoms with E-state index in [4.69, 9.17) is 0 Å². The Kier molecular flexibility index (Phi) is 4.42. The van der Waals surface area contributed by atoms with Gasteiger partial charge in [0.25, 0.3) is 5.91 Å². The summed E-state index contributed by atoms with van der Waals surface area (Å²) in [5, 5.41) is 3.27. The zero-order valence-electron chi connectivity index (χ0n) is 11.4. The summed E-state index contributed by atoms with van der Waals surface area (Å²) in [6.45, 7) is 4.75. The predicted molar refractivity (Wildman–Crippen MR) is 72.7 cm³/mol. The van der Waals surface area contributed by atoms with Gasteiger partial charge in [0.15, 0.2) is 0 Å². The number of piperidine rings is 1. The number of hydrogen-bond acceptors (Lipinski definition) is 2. The van der Waals surface area contributed by atoms with Gasteiger partial charge in [-0.1, -0.05) is 6.92 Å². The molecule has 4 heteroatoms. The summed E-state index contributed by atoms with van der Waals surface area (Å²) in [7, 11) is 1.97. The summed E-state index contributed by atoms with van der Waals surface area (Å²) in [6.07, 6.45) is 5.30. The number of carbonyl (C=O) groups excluding carboxylic acids is 1. The van der Waals surface area contributed by atoms with Crippen LogP contribution in [0.15, 0.2) is 18.3 Å². The smallest absolute Gasteiger partial charge is 0.270 e. The largest absolute Gasteiger partial charge is 0.344 e. The van der Waals surface area contributed by atoms with E-state index in [0.717, 1.165) is 44.6 Å². The van der Waals surface area contributed by atoms with Crippen LogP contribution in [0.5, 0.6) is 0 Å². The van der Waals surface area contributed by atoms with Crippen molar-refractivity contribution in [2.24, 2.45) is 0 Å². The normalized spacial score (nSPS) is 20.1. The number of aryl methyl sites for hydroxylation is 1. The van der Waals surface area contributed by atoms with Crippen molar-refractivity contribution >= 4 is 5.91 Å². The summed E-state index contributed by atoms with van der Waals surface area (Å²) in [4.78, 5) is 14.5. The van der Waals surface area contributed by atoms with Crippen molar-refractivity contribution in [1.29, 1.82) is 0 Å². The van der Waals surface area contributed by atoms with Crippen LogP contribution in [0.1, 0.15) is 36.7 Å². The lowest BCUT2D eigenvalue weighted by atomic mass is 10.1. The molecular weight excluding hydrogens is 226 g/mol. The van der Waals surface area contributed by atoms with Crippen LogP contribution in [0.3, 0.4) is 0 Å². The number of likely N-dealkylation sites (tertiary alicyclic amines) is 1. The van der Waals surface area contributed by atoms with E-state index in [1.807, 2.05) is 30.3 Å². The molecule has 0 spiro atoms. The van der Waals surface area contributed by atoms with Crippen LogP contribution in [0.4, 0.5) is 0 Å². The summed E-state index contributed by atoms with van der Waals surface area (Å²) in [5.41, 5.74) is 0.827. The Balaban J connectivity index is 2.08. The fourth-order valence-electron chi connectivity index (χ4n) is 2.60. The number of nitrogens with zero attached hydrogens (tertiary/aromatic N) is 2. The first-order valence-corrected chi connectivity index (χ1v) is 6.88. The first kappa shape index (κ1) is 13.1. The van der Waals surface area contributed by atoms with Gasteiger partial charge in [-0.3, -0.25) is 4.79 Å². The molecule has 1 unspecified atom stereocenters. The number of hydrogen-bond donors (Lipinski definition) is 1. The highest BCUT2D eigenvalue weighted by Crippen LogP contribution is 2.14. The molecule has 1 aromatic rings. The van der Waals surface area contributed by atoms with E-state index in [0.29, 0.717) is 6.04 Å². The number of nitrogens with one attached hydrogen (secondary N) is 1. The third-order valence-corrected chi connectivity index (χ3v) is 3.63. The molecule has 18 heavy (non-hydrogen) atoms. The third-order valence-electron chi connectivity index (χ3n) is 3.63. The minimum Gasteiger partial charge on any atom is -0.344 e. The number of rotatable bonds is 4. The van der Waals surface area contributed by atoms with Crippen molar-refractivity contribution < 1.29 is 4.79 Å². The lowest BCUT2D eigenvalue weighted by molar-refractivity contribution is 0.0687. The first-order chi connectivity index (χ1) is 8.76. The molecule has 1 aliphatic rings. The van der Waals surface area contributed by atoms with E-state index in [2.05, 4.69) is 16.8 Å². The maximum absolute atomic E-state index is 12.5. The van der Waals surface area contributed by atoms with Gasteiger partial charge in [-0.2, -0.15) is 0 Å². The Morgan fingerprint density at radius 3 is 3.11 bits per heavy atom. The van der Waals surface area contributed by atoms with E-state index in [-0.39, 0.29) is 5.91 Å². The monoisotopic (exact) mass is 249 g/mol. The highest BCUT2D eigenvalue weighted by Gasteiger charge is 2.24. The second-order valence-electron chi connectivity index (χ2n) is 4.97. The van der Waals surface area contributed by atoms with E-state index in [1.165, 1.54) is 0 Å². The molecule has 1 aliphatic heterocycles. The van der Waals surface area contributed by atoms with Gasteiger partial charge in [0, 0.05) is 31.9 Å². The van der Waals surface area contributed by atoms with Crippen LogP contribution >= 0.6 is 0 Å². The van der Waals surface area contributed by atoms with Crippen LogP contribution in [0.25, 0.3) is 0 Å². The van der Waals surface area contributed by atoms with Crippen molar-refractivity contribution in [3.63, 3.8) is 0 Å². The molecule has 4 nitrogen and oxygen atoms in total. The molecule has 0 bridgehead atoms. The Morgan fingerprint density at radius 2 is 2.39 bits per heavy atom. The summed E-state index contributed by atoms with van der Waals surface area (Å²) in [6, 6.07) is 4.33. The summed E-state index contributed by atoms with van der Waals surface area (Å²) < 4.78 is 2.06. The number of amides is 1. The molecule has 1 atom stereocenters. The lowest BCUT2D eigenvalue weighted by Crippen LogP contribution is -2.47. The van der Waals surface area contributed by atoms with Gasteiger partial charge in [0.05, 0.1) is 0 Å².